The lowest BCUT2D eigenvalue weighted by atomic mass is 10.2. The van der Waals surface area contributed by atoms with Crippen LogP contribution in [0.15, 0.2) is 63.9 Å². The van der Waals surface area contributed by atoms with Gasteiger partial charge in [-0.05, 0) is 30.3 Å². The van der Waals surface area contributed by atoms with Crippen molar-refractivity contribution in [1.82, 2.24) is 14.5 Å². The second-order valence-electron chi connectivity index (χ2n) is 7.43. The average Bonchev–Trinajstić information content (AvgIpc) is 3.23. The third-order valence-corrected chi connectivity index (χ3v) is 6.99. The third kappa shape index (κ3) is 4.95. The minimum absolute atomic E-state index is 0.0220. The molecule has 1 aromatic heterocycles. The van der Waals surface area contributed by atoms with Gasteiger partial charge in [-0.2, -0.15) is 0 Å². The number of sulfonamides is 1. The van der Waals surface area contributed by atoms with Crippen LogP contribution in [0, 0.1) is 0 Å². The maximum absolute atomic E-state index is 12.7. The number of carbonyl (C=O) groups is 2. The van der Waals surface area contributed by atoms with Crippen molar-refractivity contribution in [2.45, 2.75) is 11.3 Å². The van der Waals surface area contributed by atoms with Crippen molar-refractivity contribution in [3.63, 3.8) is 0 Å². The molecule has 8 nitrogen and oxygen atoms in total. The summed E-state index contributed by atoms with van der Waals surface area (Å²) in [6.07, 6.45) is 0.0251. The van der Waals surface area contributed by atoms with Crippen LogP contribution >= 0.6 is 11.6 Å². The number of halogens is 1. The molecule has 1 saturated heterocycles. The first-order valence-electron chi connectivity index (χ1n) is 10.1. The first-order valence-corrected chi connectivity index (χ1v) is 12.0. The summed E-state index contributed by atoms with van der Waals surface area (Å²) in [5.74, 6) is -0.0985. The molecular formula is C22H22ClN3O5S. The molecule has 0 atom stereocenters. The standard InChI is InChI=1S/C22H22ClN3O5S/c23-17-5-3-6-18(15-17)32(29,30)24-9-8-21(27)25-10-12-26(13-11-25)22(28)20-14-16-4-1-2-7-19(16)31-20/h1-7,14-15,24H,8-13H2. The minimum atomic E-state index is -3.74. The zero-order valence-electron chi connectivity index (χ0n) is 17.2. The van der Waals surface area contributed by atoms with Crippen molar-refractivity contribution >= 4 is 44.4 Å². The molecule has 0 saturated carbocycles. The Morgan fingerprint density at radius 3 is 2.41 bits per heavy atom. The zero-order valence-corrected chi connectivity index (χ0v) is 18.7. The maximum Gasteiger partial charge on any atom is 0.289 e. The summed E-state index contributed by atoms with van der Waals surface area (Å²) in [4.78, 5) is 28.6. The van der Waals surface area contributed by atoms with Crippen LogP contribution in [0.1, 0.15) is 17.0 Å². The Labute approximate surface area is 190 Å². The van der Waals surface area contributed by atoms with E-state index in [1.807, 2.05) is 24.3 Å². The van der Waals surface area contributed by atoms with Gasteiger partial charge in [-0.1, -0.05) is 35.9 Å². The average molecular weight is 476 g/mol. The molecule has 0 unspecified atom stereocenters. The molecule has 32 heavy (non-hydrogen) atoms. The lowest BCUT2D eigenvalue weighted by Gasteiger charge is -2.34. The number of piperazine rings is 1. The summed E-state index contributed by atoms with van der Waals surface area (Å²) in [6.45, 7) is 1.51. The van der Waals surface area contributed by atoms with E-state index in [2.05, 4.69) is 4.72 Å². The van der Waals surface area contributed by atoms with Gasteiger partial charge in [0.1, 0.15) is 5.58 Å². The summed E-state index contributed by atoms with van der Waals surface area (Å²) < 4.78 is 32.7. The summed E-state index contributed by atoms with van der Waals surface area (Å²) >= 11 is 5.84. The normalized spacial score (nSPS) is 14.7. The predicted octanol–water partition coefficient (Wildman–Crippen LogP) is 2.74. The second-order valence-corrected chi connectivity index (χ2v) is 9.63. The molecule has 0 bridgehead atoms. The number of benzene rings is 2. The molecule has 0 radical (unpaired) electrons. The van der Waals surface area contributed by atoms with Gasteiger partial charge in [0.15, 0.2) is 5.76 Å². The summed E-state index contributed by atoms with van der Waals surface area (Å²) in [5.41, 5.74) is 0.657. The van der Waals surface area contributed by atoms with Gasteiger partial charge in [0, 0.05) is 49.6 Å². The first kappa shape index (κ1) is 22.3. The molecule has 10 heteroatoms. The molecule has 0 aliphatic carbocycles. The van der Waals surface area contributed by atoms with Crippen LogP contribution in [-0.4, -0.2) is 62.8 Å². The molecule has 168 valence electrons. The molecule has 1 N–H and O–H groups in total. The molecular weight excluding hydrogens is 454 g/mol. The van der Waals surface area contributed by atoms with Crippen LogP contribution in [0.5, 0.6) is 0 Å². The number of amides is 2. The fourth-order valence-electron chi connectivity index (χ4n) is 3.57. The maximum atomic E-state index is 12.7. The number of fused-ring (bicyclic) bond motifs is 1. The minimum Gasteiger partial charge on any atom is -0.451 e. The number of hydrogen-bond acceptors (Lipinski definition) is 5. The van der Waals surface area contributed by atoms with Crippen molar-refractivity contribution in [2.24, 2.45) is 0 Å². The van der Waals surface area contributed by atoms with Gasteiger partial charge in [0.25, 0.3) is 5.91 Å². The van der Waals surface area contributed by atoms with Gasteiger partial charge in [0.05, 0.1) is 4.90 Å². The number of nitrogens with zero attached hydrogens (tertiary/aromatic N) is 2. The van der Waals surface area contributed by atoms with E-state index in [1.54, 1.807) is 28.0 Å². The number of carbonyl (C=O) groups excluding carboxylic acids is 2. The van der Waals surface area contributed by atoms with E-state index in [4.69, 9.17) is 16.0 Å². The lowest BCUT2D eigenvalue weighted by molar-refractivity contribution is -0.132. The first-order chi connectivity index (χ1) is 15.3. The predicted molar refractivity (Wildman–Crippen MR) is 120 cm³/mol. The van der Waals surface area contributed by atoms with E-state index in [-0.39, 0.29) is 35.4 Å². The smallest absolute Gasteiger partial charge is 0.289 e. The molecule has 3 aromatic rings. The third-order valence-electron chi connectivity index (χ3n) is 5.29. The lowest BCUT2D eigenvalue weighted by Crippen LogP contribution is -2.51. The molecule has 2 heterocycles. The van der Waals surface area contributed by atoms with Crippen LogP contribution in [0.3, 0.4) is 0 Å². The highest BCUT2D eigenvalue weighted by molar-refractivity contribution is 7.89. The molecule has 4 rings (SSSR count). The molecule has 1 fully saturated rings. The van der Waals surface area contributed by atoms with E-state index < -0.39 is 10.0 Å². The highest BCUT2D eigenvalue weighted by atomic mass is 35.5. The van der Waals surface area contributed by atoms with Crippen molar-refractivity contribution in [2.75, 3.05) is 32.7 Å². The van der Waals surface area contributed by atoms with Crippen LogP contribution < -0.4 is 4.72 Å². The number of nitrogens with one attached hydrogen (secondary N) is 1. The van der Waals surface area contributed by atoms with Crippen LogP contribution in [-0.2, 0) is 14.8 Å². The van der Waals surface area contributed by atoms with Crippen molar-refractivity contribution in [3.05, 3.63) is 65.4 Å². The SMILES string of the molecule is O=C(CCNS(=O)(=O)c1cccc(Cl)c1)N1CCN(C(=O)c2cc3ccccc3o2)CC1. The summed E-state index contributed by atoms with van der Waals surface area (Å²) in [7, 11) is -3.74. The fourth-order valence-corrected chi connectivity index (χ4v) is 4.90. The molecule has 1 aliphatic rings. The topological polar surface area (TPSA) is 99.9 Å². The number of para-hydroxylation sites is 1. The Morgan fingerprint density at radius 2 is 1.69 bits per heavy atom. The monoisotopic (exact) mass is 475 g/mol. The fraction of sp³-hybridized carbons (Fsp3) is 0.273. The molecule has 1 aliphatic heterocycles. The highest BCUT2D eigenvalue weighted by Crippen LogP contribution is 2.21. The highest BCUT2D eigenvalue weighted by Gasteiger charge is 2.26. The van der Waals surface area contributed by atoms with Crippen molar-refractivity contribution in [3.8, 4) is 0 Å². The van der Waals surface area contributed by atoms with Gasteiger partial charge >= 0.3 is 0 Å². The van der Waals surface area contributed by atoms with Crippen molar-refractivity contribution < 1.29 is 22.4 Å². The Kier molecular flexibility index (Phi) is 6.50. The van der Waals surface area contributed by atoms with Gasteiger partial charge in [-0.15, -0.1) is 0 Å². The van der Waals surface area contributed by atoms with Crippen molar-refractivity contribution in [1.29, 1.82) is 0 Å². The number of rotatable bonds is 6. The summed E-state index contributed by atoms with van der Waals surface area (Å²) in [5, 5.41) is 1.18. The van der Waals surface area contributed by atoms with Crippen LogP contribution in [0.25, 0.3) is 11.0 Å². The largest absolute Gasteiger partial charge is 0.451 e. The van der Waals surface area contributed by atoms with Gasteiger partial charge in [-0.25, -0.2) is 13.1 Å². The van der Waals surface area contributed by atoms with Gasteiger partial charge in [-0.3, -0.25) is 9.59 Å². The zero-order chi connectivity index (χ0) is 22.7. The van der Waals surface area contributed by atoms with Crippen LogP contribution in [0.2, 0.25) is 5.02 Å². The molecule has 2 amide bonds. The Bertz CT molecular complexity index is 1220. The Morgan fingerprint density at radius 1 is 0.969 bits per heavy atom. The van der Waals surface area contributed by atoms with E-state index in [0.717, 1.165) is 5.39 Å². The number of furan rings is 1. The summed E-state index contributed by atoms with van der Waals surface area (Å²) in [6, 6.07) is 15.1. The second kappa shape index (κ2) is 9.32. The van der Waals surface area contributed by atoms with Crippen LogP contribution in [0.4, 0.5) is 0 Å². The van der Waals surface area contributed by atoms with Gasteiger partial charge in [0.2, 0.25) is 15.9 Å². The quantitative estimate of drug-likeness (QED) is 0.591. The Balaban J connectivity index is 1.26. The van der Waals surface area contributed by atoms with Gasteiger partial charge < -0.3 is 14.2 Å². The molecule has 2 aromatic carbocycles. The van der Waals surface area contributed by atoms with E-state index >= 15 is 0 Å². The Hall–Kier alpha value is -2.88. The number of hydrogen-bond donors (Lipinski definition) is 1. The van der Waals surface area contributed by atoms with E-state index in [9.17, 15) is 18.0 Å². The molecule has 0 spiro atoms. The van der Waals surface area contributed by atoms with E-state index in [0.29, 0.717) is 36.8 Å². The van der Waals surface area contributed by atoms with E-state index in [1.165, 1.54) is 12.1 Å².